The average Bonchev–Trinajstić information content (AvgIpc) is 3.40. The van der Waals surface area contributed by atoms with Crippen LogP contribution in [0.4, 0.5) is 0 Å². The van der Waals surface area contributed by atoms with Crippen molar-refractivity contribution in [3.05, 3.63) is 52.5 Å². The van der Waals surface area contributed by atoms with Gasteiger partial charge in [-0.15, -0.1) is 21.5 Å². The summed E-state index contributed by atoms with van der Waals surface area (Å²) < 4.78 is 11.1. The molecule has 0 saturated carbocycles. The molecule has 1 fully saturated rings. The summed E-state index contributed by atoms with van der Waals surface area (Å²) in [7, 11) is 1.65. The molecule has 1 aliphatic heterocycles. The first-order chi connectivity index (χ1) is 13.2. The molecule has 0 radical (unpaired) electrons. The molecule has 0 amide bonds. The maximum absolute atomic E-state index is 5.95. The van der Waals surface area contributed by atoms with Gasteiger partial charge in [0.2, 0.25) is 11.8 Å². The highest BCUT2D eigenvalue weighted by Gasteiger charge is 2.26. The molecule has 27 heavy (non-hydrogen) atoms. The minimum atomic E-state index is 0.119. The number of ether oxygens (including phenoxy) is 1. The molecule has 3 aromatic rings. The second kappa shape index (κ2) is 8.21. The van der Waals surface area contributed by atoms with Gasteiger partial charge in [-0.1, -0.05) is 6.07 Å². The number of thiophene rings is 1. The zero-order valence-electron chi connectivity index (χ0n) is 15.7. The highest BCUT2D eigenvalue weighted by Crippen LogP contribution is 2.26. The molecule has 1 aliphatic rings. The fourth-order valence-electron chi connectivity index (χ4n) is 3.34. The Labute approximate surface area is 163 Å². The molecule has 142 valence electrons. The van der Waals surface area contributed by atoms with E-state index in [4.69, 9.17) is 9.15 Å². The van der Waals surface area contributed by atoms with E-state index in [-0.39, 0.29) is 6.04 Å². The largest absolute Gasteiger partial charge is 0.497 e. The number of rotatable bonds is 6. The van der Waals surface area contributed by atoms with E-state index in [1.807, 2.05) is 35.6 Å². The van der Waals surface area contributed by atoms with Crippen molar-refractivity contribution >= 4 is 11.3 Å². The molecule has 0 bridgehead atoms. The van der Waals surface area contributed by atoms with Crippen molar-refractivity contribution in [3.8, 4) is 17.2 Å². The van der Waals surface area contributed by atoms with Crippen LogP contribution in [0.5, 0.6) is 5.75 Å². The van der Waals surface area contributed by atoms with Crippen LogP contribution in [0.3, 0.4) is 0 Å². The fraction of sp³-hybridized carbons (Fsp3) is 0.400. The molecule has 0 unspecified atom stereocenters. The molecule has 1 saturated heterocycles. The SMILES string of the molecule is COc1ccc(-c2nnc([C@@H](C)N3CCN(Cc4cccs4)CC3)o2)cc1. The second-order valence-electron chi connectivity index (χ2n) is 6.74. The molecule has 4 rings (SSSR count). The minimum absolute atomic E-state index is 0.119. The van der Waals surface area contributed by atoms with Gasteiger partial charge in [-0.3, -0.25) is 9.80 Å². The lowest BCUT2D eigenvalue weighted by atomic mass is 10.2. The smallest absolute Gasteiger partial charge is 0.247 e. The molecular formula is C20H24N4O2S. The number of hydrogen-bond acceptors (Lipinski definition) is 7. The molecular weight excluding hydrogens is 360 g/mol. The Balaban J connectivity index is 1.36. The molecule has 0 spiro atoms. The zero-order chi connectivity index (χ0) is 18.6. The van der Waals surface area contributed by atoms with Crippen molar-refractivity contribution < 1.29 is 9.15 Å². The summed E-state index contributed by atoms with van der Waals surface area (Å²) in [5.41, 5.74) is 0.905. The zero-order valence-corrected chi connectivity index (χ0v) is 16.5. The first-order valence-corrected chi connectivity index (χ1v) is 10.1. The first kappa shape index (κ1) is 18.2. The minimum Gasteiger partial charge on any atom is -0.497 e. The highest BCUT2D eigenvalue weighted by molar-refractivity contribution is 7.09. The van der Waals surface area contributed by atoms with E-state index in [1.54, 1.807) is 7.11 Å². The van der Waals surface area contributed by atoms with Gasteiger partial charge in [-0.25, -0.2) is 0 Å². The second-order valence-corrected chi connectivity index (χ2v) is 7.77. The topological polar surface area (TPSA) is 54.6 Å². The standard InChI is InChI=1S/C20H24N4O2S/c1-15(24-11-9-23(10-12-24)14-18-4-3-13-27-18)19-21-22-20(26-19)16-5-7-17(25-2)8-6-16/h3-8,13,15H,9-12,14H2,1-2H3/t15-/m1/s1. The Morgan fingerprint density at radius 1 is 1.11 bits per heavy atom. The van der Waals surface area contributed by atoms with Crippen molar-refractivity contribution in [2.45, 2.75) is 19.5 Å². The summed E-state index contributed by atoms with van der Waals surface area (Å²) in [4.78, 5) is 6.35. The maximum atomic E-state index is 5.95. The first-order valence-electron chi connectivity index (χ1n) is 9.19. The van der Waals surface area contributed by atoms with Crippen LogP contribution < -0.4 is 4.74 Å². The van der Waals surface area contributed by atoms with E-state index in [2.05, 4.69) is 44.4 Å². The number of piperazine rings is 1. The quantitative estimate of drug-likeness (QED) is 0.646. The predicted molar refractivity (Wildman–Crippen MR) is 106 cm³/mol. The number of hydrogen-bond donors (Lipinski definition) is 0. The van der Waals surface area contributed by atoms with Crippen LogP contribution >= 0.6 is 11.3 Å². The van der Waals surface area contributed by atoms with E-state index in [1.165, 1.54) is 4.88 Å². The van der Waals surface area contributed by atoms with Crippen LogP contribution in [0.2, 0.25) is 0 Å². The van der Waals surface area contributed by atoms with Gasteiger partial charge in [0.15, 0.2) is 0 Å². The van der Waals surface area contributed by atoms with Crippen molar-refractivity contribution in [1.82, 2.24) is 20.0 Å². The molecule has 1 aromatic carbocycles. The summed E-state index contributed by atoms with van der Waals surface area (Å²) in [5, 5.41) is 10.7. The summed E-state index contributed by atoms with van der Waals surface area (Å²) in [6.45, 7) is 7.31. The molecule has 3 heterocycles. The van der Waals surface area contributed by atoms with Crippen LogP contribution in [0, 0.1) is 0 Å². The predicted octanol–water partition coefficient (Wildman–Crippen LogP) is 3.69. The van der Waals surface area contributed by atoms with Gasteiger partial charge in [0.05, 0.1) is 13.2 Å². The Bertz CT molecular complexity index is 839. The number of benzene rings is 1. The fourth-order valence-corrected chi connectivity index (χ4v) is 4.09. The van der Waals surface area contributed by atoms with Crippen LogP contribution in [-0.2, 0) is 6.54 Å². The lowest BCUT2D eigenvalue weighted by molar-refractivity contribution is 0.0881. The maximum Gasteiger partial charge on any atom is 0.247 e. The van der Waals surface area contributed by atoms with Crippen molar-refractivity contribution in [3.63, 3.8) is 0 Å². The van der Waals surface area contributed by atoms with Crippen molar-refractivity contribution in [1.29, 1.82) is 0 Å². The summed E-state index contributed by atoms with van der Waals surface area (Å²) in [6, 6.07) is 12.1. The van der Waals surface area contributed by atoms with Gasteiger partial charge in [0.25, 0.3) is 0 Å². The molecule has 6 nitrogen and oxygen atoms in total. The van der Waals surface area contributed by atoms with Gasteiger partial charge < -0.3 is 9.15 Å². The molecule has 0 aliphatic carbocycles. The molecule has 7 heteroatoms. The molecule has 2 aromatic heterocycles. The average molecular weight is 385 g/mol. The summed E-state index contributed by atoms with van der Waals surface area (Å²) >= 11 is 1.83. The van der Waals surface area contributed by atoms with E-state index in [0.717, 1.165) is 44.0 Å². The number of aromatic nitrogens is 2. The Morgan fingerprint density at radius 3 is 2.56 bits per heavy atom. The van der Waals surface area contributed by atoms with E-state index in [0.29, 0.717) is 11.8 Å². The van der Waals surface area contributed by atoms with Crippen molar-refractivity contribution in [2.24, 2.45) is 0 Å². The van der Waals surface area contributed by atoms with Crippen LogP contribution in [0.1, 0.15) is 23.7 Å². The summed E-state index contributed by atoms with van der Waals surface area (Å²) in [5.74, 6) is 2.04. The van der Waals surface area contributed by atoms with E-state index in [9.17, 15) is 0 Å². The molecule has 0 N–H and O–H groups in total. The lowest BCUT2D eigenvalue weighted by Crippen LogP contribution is -2.46. The summed E-state index contributed by atoms with van der Waals surface area (Å²) in [6.07, 6.45) is 0. The Kier molecular flexibility index (Phi) is 5.52. The van der Waals surface area contributed by atoms with Gasteiger partial charge in [-0.05, 0) is 42.6 Å². The normalized spacial score (nSPS) is 17.1. The highest BCUT2D eigenvalue weighted by atomic mass is 32.1. The van der Waals surface area contributed by atoms with Crippen LogP contribution in [0.15, 0.2) is 46.2 Å². The van der Waals surface area contributed by atoms with E-state index < -0.39 is 0 Å². The molecule has 1 atom stereocenters. The number of nitrogens with zero attached hydrogens (tertiary/aromatic N) is 4. The van der Waals surface area contributed by atoms with Gasteiger partial charge in [0.1, 0.15) is 5.75 Å². The van der Waals surface area contributed by atoms with Crippen molar-refractivity contribution in [2.75, 3.05) is 33.3 Å². The Hall–Kier alpha value is -2.22. The third kappa shape index (κ3) is 4.21. The third-order valence-electron chi connectivity index (χ3n) is 5.05. The number of methoxy groups -OCH3 is 1. The third-order valence-corrected chi connectivity index (χ3v) is 5.91. The van der Waals surface area contributed by atoms with E-state index >= 15 is 0 Å². The lowest BCUT2D eigenvalue weighted by Gasteiger charge is -2.36. The monoisotopic (exact) mass is 384 g/mol. The van der Waals surface area contributed by atoms with Gasteiger partial charge >= 0.3 is 0 Å². The van der Waals surface area contributed by atoms with Crippen LogP contribution in [-0.4, -0.2) is 53.3 Å². The van der Waals surface area contributed by atoms with Crippen LogP contribution in [0.25, 0.3) is 11.5 Å². The van der Waals surface area contributed by atoms with Gasteiger partial charge in [0, 0.05) is 43.2 Å². The Morgan fingerprint density at radius 2 is 1.89 bits per heavy atom. The van der Waals surface area contributed by atoms with Gasteiger partial charge in [-0.2, -0.15) is 0 Å².